The second kappa shape index (κ2) is 9.44. The number of hydrogen-bond acceptors (Lipinski definition) is 5. The number of ether oxygens (including phenoxy) is 1. The number of hydrogen-bond donors (Lipinski definition) is 2. The molecule has 0 aromatic carbocycles. The van der Waals surface area contributed by atoms with Crippen LogP contribution in [0.15, 0.2) is 11.6 Å². The molecular formula is C13H24N2O2S. The van der Waals surface area contributed by atoms with Crippen LogP contribution in [0.4, 0.5) is 0 Å². The van der Waals surface area contributed by atoms with Crippen LogP contribution in [0.25, 0.3) is 0 Å². The van der Waals surface area contributed by atoms with Gasteiger partial charge in [0.05, 0.1) is 18.8 Å². The van der Waals surface area contributed by atoms with Crippen molar-refractivity contribution in [2.75, 3.05) is 19.8 Å². The number of thiazole rings is 1. The minimum absolute atomic E-state index is 0.232. The van der Waals surface area contributed by atoms with Crippen LogP contribution < -0.4 is 5.32 Å². The highest BCUT2D eigenvalue weighted by atomic mass is 32.1. The molecule has 0 bridgehead atoms. The number of aliphatic hydroxyl groups excluding tert-OH is 1. The molecule has 0 spiro atoms. The summed E-state index contributed by atoms with van der Waals surface area (Å²) in [7, 11) is 0. The minimum atomic E-state index is -0.448. The van der Waals surface area contributed by atoms with Crippen LogP contribution in [0, 0.1) is 0 Å². The van der Waals surface area contributed by atoms with Crippen LogP contribution >= 0.6 is 11.3 Å². The van der Waals surface area contributed by atoms with Crippen LogP contribution in [-0.2, 0) is 4.74 Å². The van der Waals surface area contributed by atoms with Gasteiger partial charge < -0.3 is 15.2 Å². The number of nitrogens with one attached hydrogen (secondary N) is 1. The number of nitrogens with zero attached hydrogens (tertiary/aromatic N) is 1. The van der Waals surface area contributed by atoms with Crippen molar-refractivity contribution in [2.24, 2.45) is 0 Å². The fraction of sp³-hybridized carbons (Fsp3) is 0.769. The summed E-state index contributed by atoms with van der Waals surface area (Å²) in [5, 5.41) is 16.2. The van der Waals surface area contributed by atoms with Crippen molar-refractivity contribution in [3.8, 4) is 0 Å². The lowest BCUT2D eigenvalue weighted by atomic mass is 10.2. The quantitative estimate of drug-likeness (QED) is 0.642. The highest BCUT2D eigenvalue weighted by molar-refractivity contribution is 7.09. The predicted molar refractivity (Wildman–Crippen MR) is 74.9 cm³/mol. The van der Waals surface area contributed by atoms with Gasteiger partial charge in [-0.1, -0.05) is 20.3 Å². The molecule has 18 heavy (non-hydrogen) atoms. The summed E-state index contributed by atoms with van der Waals surface area (Å²) in [6, 6.07) is 0.232. The second-order valence-electron chi connectivity index (χ2n) is 4.32. The largest absolute Gasteiger partial charge is 0.389 e. The molecule has 5 heteroatoms. The van der Waals surface area contributed by atoms with Gasteiger partial charge in [-0.3, -0.25) is 0 Å². The van der Waals surface area contributed by atoms with E-state index in [1.807, 2.05) is 11.6 Å². The molecule has 2 N–H and O–H groups in total. The Labute approximate surface area is 113 Å². The van der Waals surface area contributed by atoms with Crippen molar-refractivity contribution < 1.29 is 9.84 Å². The third kappa shape index (κ3) is 5.91. The lowest BCUT2D eigenvalue weighted by Crippen LogP contribution is -2.33. The summed E-state index contributed by atoms with van der Waals surface area (Å²) in [4.78, 5) is 4.29. The zero-order valence-electron chi connectivity index (χ0n) is 11.3. The average molecular weight is 272 g/mol. The molecule has 4 nitrogen and oxygen atoms in total. The van der Waals surface area contributed by atoms with Crippen LogP contribution in [0.5, 0.6) is 0 Å². The first-order valence-electron chi connectivity index (χ1n) is 6.66. The van der Waals surface area contributed by atoms with E-state index in [1.165, 1.54) is 0 Å². The summed E-state index contributed by atoms with van der Waals surface area (Å²) in [6.07, 6.45) is 4.51. The molecule has 104 valence electrons. The van der Waals surface area contributed by atoms with Gasteiger partial charge in [0, 0.05) is 24.7 Å². The van der Waals surface area contributed by atoms with Crippen molar-refractivity contribution in [2.45, 2.75) is 45.3 Å². The van der Waals surface area contributed by atoms with Crippen molar-refractivity contribution in [3.05, 3.63) is 16.6 Å². The van der Waals surface area contributed by atoms with Gasteiger partial charge in [-0.25, -0.2) is 4.98 Å². The molecule has 0 amide bonds. The molecule has 0 saturated carbocycles. The molecule has 2 atom stereocenters. The lowest BCUT2D eigenvalue weighted by molar-refractivity contribution is 0.0345. The van der Waals surface area contributed by atoms with Crippen LogP contribution in [0.2, 0.25) is 0 Å². The van der Waals surface area contributed by atoms with E-state index in [0.29, 0.717) is 13.2 Å². The van der Waals surface area contributed by atoms with Gasteiger partial charge in [-0.15, -0.1) is 11.3 Å². The first-order chi connectivity index (χ1) is 8.77. The topological polar surface area (TPSA) is 54.4 Å². The molecule has 0 aliphatic carbocycles. The van der Waals surface area contributed by atoms with Gasteiger partial charge >= 0.3 is 0 Å². The first kappa shape index (κ1) is 15.6. The van der Waals surface area contributed by atoms with E-state index in [9.17, 15) is 5.11 Å². The van der Waals surface area contributed by atoms with E-state index in [2.05, 4.69) is 24.1 Å². The Morgan fingerprint density at radius 3 is 2.94 bits per heavy atom. The molecule has 0 radical (unpaired) electrons. The van der Waals surface area contributed by atoms with Gasteiger partial charge in [0.2, 0.25) is 0 Å². The maximum Gasteiger partial charge on any atom is 0.109 e. The summed E-state index contributed by atoms with van der Waals surface area (Å²) in [5.41, 5.74) is 0. The third-order valence-electron chi connectivity index (χ3n) is 2.71. The SMILES string of the molecule is CCCCOCC(O)CNC(CC)c1nccs1. The monoisotopic (exact) mass is 272 g/mol. The predicted octanol–water partition coefficient (Wildman–Crippen LogP) is 2.36. The van der Waals surface area contributed by atoms with Gasteiger partial charge in [0.1, 0.15) is 5.01 Å². The zero-order chi connectivity index (χ0) is 13.2. The Bertz CT molecular complexity index is 293. The average Bonchev–Trinajstić information content (AvgIpc) is 2.89. The molecule has 1 rings (SSSR count). The third-order valence-corrected chi connectivity index (χ3v) is 3.60. The lowest BCUT2D eigenvalue weighted by Gasteiger charge is -2.17. The second-order valence-corrected chi connectivity index (χ2v) is 5.25. The van der Waals surface area contributed by atoms with Crippen LogP contribution in [0.3, 0.4) is 0 Å². The summed E-state index contributed by atoms with van der Waals surface area (Å²) in [6.45, 7) is 5.92. The molecular weight excluding hydrogens is 248 g/mol. The number of aromatic nitrogens is 1. The van der Waals surface area contributed by atoms with Crippen LogP contribution in [-0.4, -0.2) is 36.0 Å². The summed E-state index contributed by atoms with van der Waals surface area (Å²) >= 11 is 1.65. The van der Waals surface area contributed by atoms with E-state index < -0.39 is 6.10 Å². The summed E-state index contributed by atoms with van der Waals surface area (Å²) in [5.74, 6) is 0. The van der Waals surface area contributed by atoms with E-state index in [0.717, 1.165) is 30.9 Å². The highest BCUT2D eigenvalue weighted by Gasteiger charge is 2.13. The molecule has 2 unspecified atom stereocenters. The van der Waals surface area contributed by atoms with Gasteiger partial charge in [0.25, 0.3) is 0 Å². The Balaban J connectivity index is 2.18. The fourth-order valence-corrected chi connectivity index (χ4v) is 2.41. The van der Waals surface area contributed by atoms with E-state index in [-0.39, 0.29) is 6.04 Å². The minimum Gasteiger partial charge on any atom is -0.389 e. The maximum atomic E-state index is 9.79. The van der Waals surface area contributed by atoms with Gasteiger partial charge in [-0.2, -0.15) is 0 Å². The van der Waals surface area contributed by atoms with E-state index in [4.69, 9.17) is 4.74 Å². The normalized spacial score (nSPS) is 14.6. The summed E-state index contributed by atoms with van der Waals surface area (Å²) < 4.78 is 5.39. The zero-order valence-corrected chi connectivity index (χ0v) is 12.1. The Kier molecular flexibility index (Phi) is 8.17. The molecule has 0 aliphatic heterocycles. The first-order valence-corrected chi connectivity index (χ1v) is 7.54. The smallest absolute Gasteiger partial charge is 0.109 e. The highest BCUT2D eigenvalue weighted by Crippen LogP contribution is 2.18. The van der Waals surface area contributed by atoms with Gasteiger partial charge in [-0.05, 0) is 12.8 Å². The van der Waals surface area contributed by atoms with Crippen molar-refractivity contribution >= 4 is 11.3 Å². The maximum absolute atomic E-state index is 9.79. The Hall–Kier alpha value is -0.490. The molecule has 1 heterocycles. The van der Waals surface area contributed by atoms with Gasteiger partial charge in [0.15, 0.2) is 0 Å². The van der Waals surface area contributed by atoms with Crippen molar-refractivity contribution in [3.63, 3.8) is 0 Å². The fourth-order valence-electron chi connectivity index (χ4n) is 1.62. The molecule has 0 aliphatic rings. The molecule has 0 saturated heterocycles. The number of rotatable bonds is 10. The van der Waals surface area contributed by atoms with Crippen LogP contribution in [0.1, 0.15) is 44.2 Å². The van der Waals surface area contributed by atoms with E-state index >= 15 is 0 Å². The Morgan fingerprint density at radius 1 is 1.50 bits per heavy atom. The Morgan fingerprint density at radius 2 is 2.33 bits per heavy atom. The number of aliphatic hydroxyl groups is 1. The van der Waals surface area contributed by atoms with Crippen molar-refractivity contribution in [1.82, 2.24) is 10.3 Å². The molecule has 1 aromatic heterocycles. The molecule has 0 fully saturated rings. The molecule has 1 aromatic rings. The van der Waals surface area contributed by atoms with Crippen molar-refractivity contribution in [1.29, 1.82) is 0 Å². The van der Waals surface area contributed by atoms with E-state index in [1.54, 1.807) is 11.3 Å². The number of unbranched alkanes of at least 4 members (excludes halogenated alkanes) is 1. The standard InChI is InChI=1S/C13H24N2O2S/c1-3-5-7-17-10-11(16)9-15-12(4-2)13-14-6-8-18-13/h6,8,11-12,15-16H,3-5,7,9-10H2,1-2H3.